The van der Waals surface area contributed by atoms with Gasteiger partial charge in [0.2, 0.25) is 17.7 Å². The van der Waals surface area contributed by atoms with Gasteiger partial charge < -0.3 is 31.8 Å². The fourth-order valence-electron chi connectivity index (χ4n) is 4.57. The highest BCUT2D eigenvalue weighted by Crippen LogP contribution is 2.19. The Hall–Kier alpha value is -4.18. The molecular weight excluding hydrogens is 522 g/mol. The Morgan fingerprint density at radius 2 is 1.46 bits per heavy atom. The lowest BCUT2D eigenvalue weighted by atomic mass is 9.95. The summed E-state index contributed by atoms with van der Waals surface area (Å²) in [4.78, 5) is 55.2. The Bertz CT molecular complexity index is 1340. The van der Waals surface area contributed by atoms with Crippen molar-refractivity contribution in [3.8, 4) is 0 Å². The molecule has 2 aromatic carbocycles. The fraction of sp³-hybridized carbons (Fsp3) is 0.419. The number of nitrogens with two attached hydrogens (primary N) is 1. The standard InChI is InChI=1S/C31H41N5O5/c1-5-19(4)27(36-29(38)26(32)18(2)3)30(39)34-24(15-20-11-7-6-8-12-20)28(37)35-25(31(40)41)16-21-17-33-23-14-10-9-13-22(21)23/h6-14,17-19,24-27,33H,5,15-16,32H2,1-4H3,(H,34,39)(H,35,37)(H,36,38)(H,40,41). The van der Waals surface area contributed by atoms with Crippen molar-refractivity contribution in [3.63, 3.8) is 0 Å². The number of fused-ring (bicyclic) bond motifs is 1. The molecule has 1 aromatic heterocycles. The number of hydrogen-bond acceptors (Lipinski definition) is 5. The van der Waals surface area contributed by atoms with E-state index in [0.717, 1.165) is 22.0 Å². The van der Waals surface area contributed by atoms with E-state index in [1.807, 2.05) is 82.3 Å². The van der Waals surface area contributed by atoms with Gasteiger partial charge in [0.25, 0.3) is 0 Å². The quantitative estimate of drug-likeness (QED) is 0.176. The van der Waals surface area contributed by atoms with Crippen molar-refractivity contribution >= 4 is 34.6 Å². The molecule has 0 saturated carbocycles. The van der Waals surface area contributed by atoms with Gasteiger partial charge in [-0.15, -0.1) is 0 Å². The van der Waals surface area contributed by atoms with Gasteiger partial charge in [-0.25, -0.2) is 4.79 Å². The largest absolute Gasteiger partial charge is 0.480 e. The van der Waals surface area contributed by atoms with Gasteiger partial charge in [-0.3, -0.25) is 14.4 Å². The van der Waals surface area contributed by atoms with Crippen LogP contribution in [-0.4, -0.2) is 57.9 Å². The maximum Gasteiger partial charge on any atom is 0.326 e. The fourth-order valence-corrected chi connectivity index (χ4v) is 4.57. The second kappa shape index (κ2) is 14.5. The van der Waals surface area contributed by atoms with Crippen LogP contribution in [0.3, 0.4) is 0 Å². The van der Waals surface area contributed by atoms with Crippen molar-refractivity contribution < 1.29 is 24.3 Å². The van der Waals surface area contributed by atoms with Crippen molar-refractivity contribution in [1.82, 2.24) is 20.9 Å². The van der Waals surface area contributed by atoms with Gasteiger partial charge >= 0.3 is 5.97 Å². The Balaban J connectivity index is 1.83. The number of benzene rings is 2. The number of carboxylic acids is 1. The van der Waals surface area contributed by atoms with Gasteiger partial charge in [0.05, 0.1) is 6.04 Å². The van der Waals surface area contributed by atoms with E-state index in [0.29, 0.717) is 6.42 Å². The van der Waals surface area contributed by atoms with Crippen LogP contribution in [-0.2, 0) is 32.0 Å². The van der Waals surface area contributed by atoms with Crippen LogP contribution in [0.4, 0.5) is 0 Å². The van der Waals surface area contributed by atoms with Gasteiger partial charge in [0.1, 0.15) is 18.1 Å². The van der Waals surface area contributed by atoms with Crippen molar-refractivity contribution in [2.24, 2.45) is 17.6 Å². The molecule has 0 bridgehead atoms. The summed E-state index contributed by atoms with van der Waals surface area (Å²) < 4.78 is 0. The summed E-state index contributed by atoms with van der Waals surface area (Å²) in [6.45, 7) is 7.37. The van der Waals surface area contributed by atoms with Crippen LogP contribution >= 0.6 is 0 Å². The molecule has 7 N–H and O–H groups in total. The lowest BCUT2D eigenvalue weighted by Crippen LogP contribution is -2.59. The number of carbonyl (C=O) groups excluding carboxylic acids is 3. The van der Waals surface area contributed by atoms with E-state index in [1.165, 1.54) is 0 Å². The number of aromatic amines is 1. The number of nitrogens with one attached hydrogen (secondary N) is 4. The third kappa shape index (κ3) is 8.40. The molecule has 3 amide bonds. The van der Waals surface area contributed by atoms with E-state index in [4.69, 9.17) is 5.73 Å². The van der Waals surface area contributed by atoms with Crippen LogP contribution in [0.1, 0.15) is 45.2 Å². The van der Waals surface area contributed by atoms with E-state index in [9.17, 15) is 24.3 Å². The summed E-state index contributed by atoms with van der Waals surface area (Å²) in [6.07, 6.45) is 2.51. The van der Waals surface area contributed by atoms with Crippen molar-refractivity contribution in [3.05, 3.63) is 71.9 Å². The van der Waals surface area contributed by atoms with Crippen molar-refractivity contribution in [1.29, 1.82) is 0 Å². The first-order chi connectivity index (χ1) is 19.5. The van der Waals surface area contributed by atoms with E-state index in [1.54, 1.807) is 6.20 Å². The highest BCUT2D eigenvalue weighted by Gasteiger charge is 2.33. The van der Waals surface area contributed by atoms with E-state index in [-0.39, 0.29) is 24.7 Å². The summed E-state index contributed by atoms with van der Waals surface area (Å²) in [5, 5.41) is 19.0. The molecule has 0 fully saturated rings. The molecule has 0 spiro atoms. The number of hydrogen-bond donors (Lipinski definition) is 6. The van der Waals surface area contributed by atoms with E-state index < -0.39 is 47.9 Å². The first-order valence-electron chi connectivity index (χ1n) is 14.0. The van der Waals surface area contributed by atoms with Crippen molar-refractivity contribution in [2.45, 2.75) is 71.1 Å². The molecule has 0 saturated heterocycles. The van der Waals surface area contributed by atoms with Crippen LogP contribution in [0, 0.1) is 11.8 Å². The van der Waals surface area contributed by atoms with Crippen LogP contribution in [0.5, 0.6) is 0 Å². The molecule has 0 aliphatic carbocycles. The molecule has 220 valence electrons. The lowest BCUT2D eigenvalue weighted by molar-refractivity contribution is -0.142. The second-order valence-electron chi connectivity index (χ2n) is 10.9. The van der Waals surface area contributed by atoms with Gasteiger partial charge in [-0.05, 0) is 29.0 Å². The number of rotatable bonds is 14. The number of H-pyrrole nitrogens is 1. The Morgan fingerprint density at radius 3 is 2.10 bits per heavy atom. The smallest absolute Gasteiger partial charge is 0.326 e. The predicted molar refractivity (Wildman–Crippen MR) is 158 cm³/mol. The average molecular weight is 564 g/mol. The number of carbonyl (C=O) groups is 4. The first kappa shape index (κ1) is 31.3. The van der Waals surface area contributed by atoms with Crippen LogP contribution in [0.15, 0.2) is 60.8 Å². The van der Waals surface area contributed by atoms with Crippen LogP contribution < -0.4 is 21.7 Å². The molecule has 10 heteroatoms. The van der Waals surface area contributed by atoms with E-state index in [2.05, 4.69) is 20.9 Å². The summed E-state index contributed by atoms with van der Waals surface area (Å²) in [6, 6.07) is 12.6. The third-order valence-electron chi connectivity index (χ3n) is 7.44. The molecule has 5 unspecified atom stereocenters. The van der Waals surface area contributed by atoms with E-state index >= 15 is 0 Å². The minimum atomic E-state index is -1.23. The minimum absolute atomic E-state index is 0.0513. The summed E-state index contributed by atoms with van der Waals surface area (Å²) >= 11 is 0. The zero-order chi connectivity index (χ0) is 30.1. The molecule has 0 aliphatic rings. The van der Waals surface area contributed by atoms with Gasteiger partial charge in [0.15, 0.2) is 0 Å². The van der Waals surface area contributed by atoms with Gasteiger partial charge in [-0.2, -0.15) is 0 Å². The molecule has 10 nitrogen and oxygen atoms in total. The number of aromatic nitrogens is 1. The molecule has 0 aliphatic heterocycles. The average Bonchev–Trinajstić information content (AvgIpc) is 3.37. The molecule has 3 rings (SSSR count). The third-order valence-corrected chi connectivity index (χ3v) is 7.44. The maximum absolute atomic E-state index is 13.6. The highest BCUT2D eigenvalue weighted by molar-refractivity contribution is 5.94. The van der Waals surface area contributed by atoms with Crippen molar-refractivity contribution in [2.75, 3.05) is 0 Å². The molecule has 5 atom stereocenters. The summed E-state index contributed by atoms with van der Waals surface area (Å²) in [5.74, 6) is -3.19. The van der Waals surface area contributed by atoms with Crippen LogP contribution in [0.25, 0.3) is 10.9 Å². The summed E-state index contributed by atoms with van der Waals surface area (Å²) in [5.41, 5.74) is 8.40. The molecule has 41 heavy (non-hydrogen) atoms. The number of aliphatic carboxylic acids is 1. The first-order valence-corrected chi connectivity index (χ1v) is 14.0. The number of para-hydroxylation sites is 1. The topological polar surface area (TPSA) is 166 Å². The highest BCUT2D eigenvalue weighted by atomic mass is 16.4. The minimum Gasteiger partial charge on any atom is -0.480 e. The lowest BCUT2D eigenvalue weighted by Gasteiger charge is -2.28. The zero-order valence-electron chi connectivity index (χ0n) is 24.0. The van der Waals surface area contributed by atoms with Gasteiger partial charge in [0, 0.05) is 29.9 Å². The zero-order valence-corrected chi connectivity index (χ0v) is 24.0. The molecule has 0 radical (unpaired) electrons. The Morgan fingerprint density at radius 1 is 0.829 bits per heavy atom. The normalized spacial score (nSPS) is 15.0. The second-order valence-corrected chi connectivity index (χ2v) is 10.9. The molecule has 1 heterocycles. The Labute approximate surface area is 240 Å². The summed E-state index contributed by atoms with van der Waals surface area (Å²) in [7, 11) is 0. The molecular formula is C31H41N5O5. The number of amides is 3. The predicted octanol–water partition coefficient (Wildman–Crippen LogP) is 2.52. The van der Waals surface area contributed by atoms with Gasteiger partial charge in [-0.1, -0.05) is 82.6 Å². The Kier molecular flexibility index (Phi) is 11.0. The molecule has 3 aromatic rings. The maximum atomic E-state index is 13.6. The number of carboxylic acid groups (broad SMARTS) is 1. The monoisotopic (exact) mass is 563 g/mol. The SMILES string of the molecule is CCC(C)C(NC(=O)C(N)C(C)C)C(=O)NC(Cc1ccccc1)C(=O)NC(Cc1c[nH]c2ccccc12)C(=O)O. The van der Waals surface area contributed by atoms with Crippen LogP contribution in [0.2, 0.25) is 0 Å².